The molecule has 0 aliphatic heterocycles. The fourth-order valence-electron chi connectivity index (χ4n) is 4.66. The highest BCUT2D eigenvalue weighted by atomic mass is 32.2. The third kappa shape index (κ3) is 8.68. The van der Waals surface area contributed by atoms with Crippen molar-refractivity contribution in [3.05, 3.63) is 101 Å². The standard InChI is InChI=1S/C32H41N3O4S/c1-7-27-18-11-12-19-28(27)35(40(6,38)39)23-30(36)34(22-26-17-13-14-24(2)20-26)29(31(37)33-32(3,4)5)21-25-15-9-8-10-16-25/h8-20,29H,7,21-23H2,1-6H3,(H,33,37)/t29-/m0/s1. The highest BCUT2D eigenvalue weighted by Gasteiger charge is 2.34. The van der Waals surface area contributed by atoms with E-state index in [-0.39, 0.29) is 18.9 Å². The molecule has 0 aliphatic carbocycles. The van der Waals surface area contributed by atoms with Crippen LogP contribution in [0.4, 0.5) is 5.69 Å². The van der Waals surface area contributed by atoms with Gasteiger partial charge in [0.15, 0.2) is 0 Å². The number of hydrogen-bond acceptors (Lipinski definition) is 4. The minimum atomic E-state index is -3.81. The summed E-state index contributed by atoms with van der Waals surface area (Å²) in [5, 5.41) is 3.04. The number of anilines is 1. The van der Waals surface area contributed by atoms with Crippen LogP contribution in [0.25, 0.3) is 0 Å². The normalized spacial score (nSPS) is 12.4. The Labute approximate surface area is 239 Å². The third-order valence-electron chi connectivity index (χ3n) is 6.53. The molecule has 3 aromatic carbocycles. The van der Waals surface area contributed by atoms with Crippen LogP contribution >= 0.6 is 0 Å². The van der Waals surface area contributed by atoms with Crippen molar-refractivity contribution in [2.24, 2.45) is 0 Å². The first kappa shape index (κ1) is 30.9. The van der Waals surface area contributed by atoms with Gasteiger partial charge in [0.25, 0.3) is 0 Å². The van der Waals surface area contributed by atoms with E-state index >= 15 is 0 Å². The lowest BCUT2D eigenvalue weighted by Crippen LogP contribution is -2.56. The van der Waals surface area contributed by atoms with Crippen molar-refractivity contribution in [2.75, 3.05) is 17.1 Å². The van der Waals surface area contributed by atoms with E-state index in [1.54, 1.807) is 12.1 Å². The molecule has 3 aromatic rings. The minimum Gasteiger partial charge on any atom is -0.350 e. The van der Waals surface area contributed by atoms with E-state index in [9.17, 15) is 18.0 Å². The first-order valence-corrected chi connectivity index (χ1v) is 15.4. The maximum atomic E-state index is 14.2. The summed E-state index contributed by atoms with van der Waals surface area (Å²) in [6.07, 6.45) is 1.99. The highest BCUT2D eigenvalue weighted by molar-refractivity contribution is 7.92. The van der Waals surface area contributed by atoms with Gasteiger partial charge in [-0.2, -0.15) is 0 Å². The van der Waals surface area contributed by atoms with Crippen LogP contribution < -0.4 is 9.62 Å². The van der Waals surface area contributed by atoms with E-state index in [1.165, 1.54) is 4.90 Å². The number of amides is 2. The second-order valence-corrected chi connectivity index (χ2v) is 13.1. The number of sulfonamides is 1. The van der Waals surface area contributed by atoms with Gasteiger partial charge < -0.3 is 10.2 Å². The molecule has 7 nitrogen and oxygen atoms in total. The van der Waals surface area contributed by atoms with Gasteiger partial charge in [-0.15, -0.1) is 0 Å². The van der Waals surface area contributed by atoms with E-state index < -0.39 is 34.1 Å². The first-order valence-electron chi connectivity index (χ1n) is 13.5. The molecule has 2 amide bonds. The maximum Gasteiger partial charge on any atom is 0.244 e. The number of aryl methyl sites for hydroxylation is 2. The molecule has 3 rings (SSSR count). The summed E-state index contributed by atoms with van der Waals surface area (Å²) in [6.45, 7) is 9.32. The van der Waals surface area contributed by atoms with E-state index in [2.05, 4.69) is 5.32 Å². The molecule has 8 heteroatoms. The third-order valence-corrected chi connectivity index (χ3v) is 7.65. The number of hydrogen-bond donors (Lipinski definition) is 1. The van der Waals surface area contributed by atoms with Crippen LogP contribution in [0.2, 0.25) is 0 Å². The summed E-state index contributed by atoms with van der Waals surface area (Å²) in [5.41, 5.74) is 3.54. The van der Waals surface area contributed by atoms with Crippen LogP contribution in [0.5, 0.6) is 0 Å². The predicted molar refractivity (Wildman–Crippen MR) is 162 cm³/mol. The molecule has 0 aliphatic rings. The quantitative estimate of drug-likeness (QED) is 0.360. The average Bonchev–Trinajstić information content (AvgIpc) is 2.88. The topological polar surface area (TPSA) is 86.8 Å². The molecular weight excluding hydrogens is 522 g/mol. The Morgan fingerprint density at radius 1 is 0.900 bits per heavy atom. The molecule has 0 aromatic heterocycles. The fraction of sp³-hybridized carbons (Fsp3) is 0.375. The lowest BCUT2D eigenvalue weighted by atomic mass is 10.0. The Hall–Kier alpha value is -3.65. The van der Waals surface area contributed by atoms with Gasteiger partial charge in [0, 0.05) is 18.5 Å². The van der Waals surface area contributed by atoms with Crippen molar-refractivity contribution in [1.29, 1.82) is 0 Å². The Kier molecular flexibility index (Phi) is 10.1. The number of benzene rings is 3. The summed E-state index contributed by atoms with van der Waals surface area (Å²) in [6, 6.07) is 23.6. The summed E-state index contributed by atoms with van der Waals surface area (Å²) in [4.78, 5) is 29.5. The molecule has 0 spiro atoms. The van der Waals surface area contributed by atoms with Crippen LogP contribution in [-0.4, -0.2) is 49.5 Å². The predicted octanol–water partition coefficient (Wildman–Crippen LogP) is 4.88. The number of nitrogens with one attached hydrogen (secondary N) is 1. The zero-order chi connectivity index (χ0) is 29.5. The Morgan fingerprint density at radius 2 is 1.52 bits per heavy atom. The zero-order valence-corrected chi connectivity index (χ0v) is 25.2. The monoisotopic (exact) mass is 563 g/mol. The van der Waals surface area contributed by atoms with Gasteiger partial charge in [0.2, 0.25) is 21.8 Å². The molecule has 1 N–H and O–H groups in total. The number of rotatable bonds is 11. The zero-order valence-electron chi connectivity index (χ0n) is 24.3. The number of para-hydroxylation sites is 1. The van der Waals surface area contributed by atoms with Gasteiger partial charge >= 0.3 is 0 Å². The minimum absolute atomic E-state index is 0.155. The molecule has 0 saturated carbocycles. The Balaban J connectivity index is 2.10. The molecule has 0 radical (unpaired) electrons. The van der Waals surface area contributed by atoms with Crippen molar-refractivity contribution in [3.63, 3.8) is 0 Å². The van der Waals surface area contributed by atoms with Crippen LogP contribution in [-0.2, 0) is 39.0 Å². The van der Waals surface area contributed by atoms with Crippen molar-refractivity contribution in [1.82, 2.24) is 10.2 Å². The van der Waals surface area contributed by atoms with Crippen molar-refractivity contribution >= 4 is 27.5 Å². The smallest absolute Gasteiger partial charge is 0.244 e. The molecule has 0 heterocycles. The maximum absolute atomic E-state index is 14.2. The fourth-order valence-corrected chi connectivity index (χ4v) is 5.54. The van der Waals surface area contributed by atoms with Crippen molar-refractivity contribution in [3.8, 4) is 0 Å². The van der Waals surface area contributed by atoms with E-state index in [0.717, 1.165) is 32.8 Å². The van der Waals surface area contributed by atoms with Gasteiger partial charge in [-0.25, -0.2) is 8.42 Å². The average molecular weight is 564 g/mol. The Bertz CT molecular complexity index is 1420. The SMILES string of the molecule is CCc1ccccc1N(CC(=O)N(Cc1cccc(C)c1)[C@@H](Cc1ccccc1)C(=O)NC(C)(C)C)S(C)(=O)=O. The van der Waals surface area contributed by atoms with E-state index in [0.29, 0.717) is 12.1 Å². The van der Waals surface area contributed by atoms with E-state index in [1.807, 2.05) is 101 Å². The lowest BCUT2D eigenvalue weighted by Gasteiger charge is -2.35. The molecular formula is C32H41N3O4S. The molecule has 1 atom stereocenters. The molecule has 0 unspecified atom stereocenters. The Morgan fingerprint density at radius 3 is 2.12 bits per heavy atom. The van der Waals surface area contributed by atoms with Gasteiger partial charge in [-0.3, -0.25) is 13.9 Å². The summed E-state index contributed by atoms with van der Waals surface area (Å²) >= 11 is 0. The van der Waals surface area contributed by atoms with Gasteiger partial charge in [-0.1, -0.05) is 85.3 Å². The summed E-state index contributed by atoms with van der Waals surface area (Å²) in [7, 11) is -3.81. The van der Waals surface area contributed by atoms with Crippen molar-refractivity contribution < 1.29 is 18.0 Å². The van der Waals surface area contributed by atoms with Gasteiger partial charge in [0.05, 0.1) is 11.9 Å². The molecule has 0 fully saturated rings. The number of nitrogens with zero attached hydrogens (tertiary/aromatic N) is 2. The van der Waals surface area contributed by atoms with E-state index in [4.69, 9.17) is 0 Å². The second kappa shape index (κ2) is 13.1. The second-order valence-electron chi connectivity index (χ2n) is 11.2. The van der Waals surface area contributed by atoms with Crippen molar-refractivity contribution in [2.45, 2.75) is 65.6 Å². The van der Waals surface area contributed by atoms with Gasteiger partial charge in [-0.05, 0) is 56.9 Å². The van der Waals surface area contributed by atoms with Crippen LogP contribution in [0, 0.1) is 6.92 Å². The summed E-state index contributed by atoms with van der Waals surface area (Å²) < 4.78 is 27.2. The molecule has 40 heavy (non-hydrogen) atoms. The molecule has 0 bridgehead atoms. The summed E-state index contributed by atoms with van der Waals surface area (Å²) in [5.74, 6) is -0.750. The molecule has 214 valence electrons. The molecule has 0 saturated heterocycles. The first-order chi connectivity index (χ1) is 18.8. The number of carbonyl (C=O) groups is 2. The van der Waals surface area contributed by atoms with Crippen LogP contribution in [0.1, 0.15) is 49.9 Å². The highest BCUT2D eigenvalue weighted by Crippen LogP contribution is 2.25. The lowest BCUT2D eigenvalue weighted by molar-refractivity contribution is -0.140. The van der Waals surface area contributed by atoms with Gasteiger partial charge in [0.1, 0.15) is 12.6 Å². The van der Waals surface area contributed by atoms with Crippen LogP contribution in [0.3, 0.4) is 0 Å². The van der Waals surface area contributed by atoms with Crippen LogP contribution in [0.15, 0.2) is 78.9 Å². The number of carbonyl (C=O) groups excluding carboxylic acids is 2. The largest absolute Gasteiger partial charge is 0.350 e.